The molecule has 0 N–H and O–H groups in total. The van der Waals surface area contributed by atoms with E-state index in [9.17, 15) is 4.79 Å². The Labute approximate surface area is 154 Å². The van der Waals surface area contributed by atoms with Crippen LogP contribution in [-0.4, -0.2) is 28.0 Å². The van der Waals surface area contributed by atoms with E-state index in [1.807, 2.05) is 6.92 Å². The van der Waals surface area contributed by atoms with Crippen molar-refractivity contribution in [2.24, 2.45) is 10.8 Å². The topological polar surface area (TPSA) is 25.2 Å². The molecular formula is C21H28N2OS. The van der Waals surface area contributed by atoms with E-state index < -0.39 is 0 Å². The highest BCUT2D eigenvalue weighted by atomic mass is 32.1. The Balaban J connectivity index is 1.71. The van der Waals surface area contributed by atoms with Gasteiger partial charge >= 0.3 is 0 Å². The Morgan fingerprint density at radius 1 is 1.36 bits per heavy atom. The molecular weight excluding hydrogens is 328 g/mol. The van der Waals surface area contributed by atoms with E-state index in [4.69, 9.17) is 0 Å². The lowest BCUT2D eigenvalue weighted by Gasteiger charge is -2.39. The zero-order valence-electron chi connectivity index (χ0n) is 15.8. The number of fused-ring (bicyclic) bond motifs is 3. The lowest BCUT2D eigenvalue weighted by molar-refractivity contribution is 0.0698. The number of rotatable bonds is 3. The van der Waals surface area contributed by atoms with Crippen molar-refractivity contribution < 1.29 is 4.79 Å². The third kappa shape index (κ3) is 2.84. The predicted molar refractivity (Wildman–Crippen MR) is 105 cm³/mol. The zero-order valence-corrected chi connectivity index (χ0v) is 16.6. The molecule has 1 amide bonds. The lowest BCUT2D eigenvalue weighted by Crippen LogP contribution is -2.38. The first kappa shape index (κ1) is 16.9. The van der Waals surface area contributed by atoms with Crippen molar-refractivity contribution in [1.82, 2.24) is 9.47 Å². The molecule has 2 aromatic rings. The number of hydrogen-bond acceptors (Lipinski definition) is 2. The molecule has 0 radical (unpaired) electrons. The second kappa shape index (κ2) is 5.47. The van der Waals surface area contributed by atoms with Crippen molar-refractivity contribution in [2.45, 2.75) is 59.5 Å². The molecule has 4 rings (SSSR count). The molecule has 2 aliphatic rings. The summed E-state index contributed by atoms with van der Waals surface area (Å²) in [5, 5.41) is 3.27. The fourth-order valence-corrected chi connectivity index (χ4v) is 6.32. The van der Waals surface area contributed by atoms with E-state index in [2.05, 4.69) is 54.3 Å². The number of likely N-dealkylation sites (tertiary alicyclic amines) is 1. The van der Waals surface area contributed by atoms with Crippen molar-refractivity contribution in [1.29, 1.82) is 0 Å². The van der Waals surface area contributed by atoms with Crippen molar-refractivity contribution >= 4 is 27.5 Å². The second-order valence-corrected chi connectivity index (χ2v) is 10.3. The van der Waals surface area contributed by atoms with E-state index in [0.29, 0.717) is 18.0 Å². The first-order valence-electron chi connectivity index (χ1n) is 9.20. The van der Waals surface area contributed by atoms with Crippen LogP contribution in [-0.2, 0) is 6.54 Å². The number of hydrogen-bond donors (Lipinski definition) is 0. The van der Waals surface area contributed by atoms with Crippen molar-refractivity contribution in [2.75, 3.05) is 6.54 Å². The molecule has 2 fully saturated rings. The summed E-state index contributed by atoms with van der Waals surface area (Å²) in [6.45, 7) is 14.8. The molecule has 134 valence electrons. The fraction of sp³-hybridized carbons (Fsp3) is 0.571. The van der Waals surface area contributed by atoms with Crippen LogP contribution >= 0.6 is 11.3 Å². The smallest absolute Gasteiger partial charge is 0.270 e. The SMILES string of the molecule is C=C(C)Cn1c(C(=O)N2C[C@@]3(C)C[C@H]2CC(C)(C)C3)cc2ccsc21. The largest absolute Gasteiger partial charge is 0.334 e. The van der Waals surface area contributed by atoms with Gasteiger partial charge in [-0.25, -0.2) is 0 Å². The summed E-state index contributed by atoms with van der Waals surface area (Å²) in [7, 11) is 0. The maximum Gasteiger partial charge on any atom is 0.270 e. The summed E-state index contributed by atoms with van der Waals surface area (Å²) >= 11 is 1.71. The Bertz CT molecular complexity index is 858. The summed E-state index contributed by atoms with van der Waals surface area (Å²) in [6, 6.07) is 4.57. The van der Waals surface area contributed by atoms with Crippen molar-refractivity contribution in [3.05, 3.63) is 35.4 Å². The normalized spacial score (nSPS) is 27.8. The van der Waals surface area contributed by atoms with Crippen LogP contribution in [0, 0.1) is 10.8 Å². The molecule has 2 atom stereocenters. The number of carbonyl (C=O) groups excluding carboxylic acids is 1. The standard InChI is InChI=1S/C21H28N2OS/c1-14(2)11-22-17(8-15-6-7-25-19(15)22)18(24)23-13-21(5)10-16(23)9-20(3,4)12-21/h6-8,16H,1,9-13H2,2-5H3/t16-,21+/m1/s1. The zero-order chi connectivity index (χ0) is 18.0. The summed E-state index contributed by atoms with van der Waals surface area (Å²) in [5.74, 6) is 0.205. The highest BCUT2D eigenvalue weighted by molar-refractivity contribution is 7.16. The molecule has 3 heterocycles. The van der Waals surface area contributed by atoms with E-state index in [0.717, 1.165) is 30.7 Å². The van der Waals surface area contributed by atoms with Crippen LogP contribution in [0.2, 0.25) is 0 Å². The van der Waals surface area contributed by atoms with Crippen LogP contribution in [0.1, 0.15) is 57.4 Å². The van der Waals surface area contributed by atoms with E-state index in [-0.39, 0.29) is 11.3 Å². The summed E-state index contributed by atoms with van der Waals surface area (Å²) in [4.78, 5) is 16.8. The third-order valence-electron chi connectivity index (χ3n) is 5.83. The van der Waals surface area contributed by atoms with Gasteiger partial charge < -0.3 is 9.47 Å². The van der Waals surface area contributed by atoms with Gasteiger partial charge in [-0.3, -0.25) is 4.79 Å². The summed E-state index contributed by atoms with van der Waals surface area (Å²) in [5.41, 5.74) is 2.50. The second-order valence-electron chi connectivity index (χ2n) is 9.40. The number of amides is 1. The molecule has 3 nitrogen and oxygen atoms in total. The van der Waals surface area contributed by atoms with Gasteiger partial charge in [0.2, 0.25) is 0 Å². The van der Waals surface area contributed by atoms with Crippen LogP contribution in [0.4, 0.5) is 0 Å². The van der Waals surface area contributed by atoms with Gasteiger partial charge in [0.1, 0.15) is 10.5 Å². The molecule has 2 aromatic heterocycles. The average Bonchev–Trinajstić information content (AvgIpc) is 3.10. The average molecular weight is 357 g/mol. The van der Waals surface area contributed by atoms with Crippen LogP contribution in [0.5, 0.6) is 0 Å². The first-order chi connectivity index (χ1) is 11.7. The minimum atomic E-state index is 0.205. The van der Waals surface area contributed by atoms with Gasteiger partial charge in [-0.1, -0.05) is 32.9 Å². The lowest BCUT2D eigenvalue weighted by atomic mass is 9.65. The minimum absolute atomic E-state index is 0.205. The summed E-state index contributed by atoms with van der Waals surface area (Å²) < 4.78 is 2.17. The van der Waals surface area contributed by atoms with Crippen LogP contribution in [0.3, 0.4) is 0 Å². The predicted octanol–water partition coefficient (Wildman–Crippen LogP) is 5.32. The maximum absolute atomic E-state index is 13.5. The molecule has 1 saturated carbocycles. The fourth-order valence-electron chi connectivity index (χ4n) is 5.42. The van der Waals surface area contributed by atoms with Crippen LogP contribution in [0.25, 0.3) is 10.2 Å². The van der Waals surface area contributed by atoms with Gasteiger partial charge in [0.25, 0.3) is 5.91 Å². The molecule has 1 aliphatic carbocycles. The van der Waals surface area contributed by atoms with Gasteiger partial charge in [-0.05, 0) is 54.5 Å². The van der Waals surface area contributed by atoms with Crippen molar-refractivity contribution in [3.63, 3.8) is 0 Å². The molecule has 25 heavy (non-hydrogen) atoms. The number of carbonyl (C=O) groups is 1. The van der Waals surface area contributed by atoms with Gasteiger partial charge in [-0.2, -0.15) is 0 Å². The van der Waals surface area contributed by atoms with Gasteiger partial charge in [0, 0.05) is 24.5 Å². The maximum atomic E-state index is 13.5. The van der Waals surface area contributed by atoms with Gasteiger partial charge in [0.15, 0.2) is 0 Å². The molecule has 1 aliphatic heterocycles. The van der Waals surface area contributed by atoms with E-state index in [1.165, 1.54) is 16.6 Å². The number of aromatic nitrogens is 1. The van der Waals surface area contributed by atoms with E-state index >= 15 is 0 Å². The summed E-state index contributed by atoms with van der Waals surface area (Å²) in [6.07, 6.45) is 3.48. The Morgan fingerprint density at radius 3 is 2.84 bits per heavy atom. The quantitative estimate of drug-likeness (QED) is 0.683. The molecule has 0 unspecified atom stereocenters. The molecule has 4 heteroatoms. The molecule has 0 spiro atoms. The Hall–Kier alpha value is -1.55. The Kier molecular flexibility index (Phi) is 3.70. The van der Waals surface area contributed by atoms with Gasteiger partial charge in [0.05, 0.1) is 0 Å². The molecule has 1 saturated heterocycles. The Morgan fingerprint density at radius 2 is 2.12 bits per heavy atom. The third-order valence-corrected chi connectivity index (χ3v) is 6.78. The van der Waals surface area contributed by atoms with Crippen LogP contribution < -0.4 is 0 Å². The monoisotopic (exact) mass is 356 g/mol. The van der Waals surface area contributed by atoms with E-state index in [1.54, 1.807) is 11.3 Å². The number of nitrogens with zero attached hydrogens (tertiary/aromatic N) is 2. The first-order valence-corrected chi connectivity index (χ1v) is 10.1. The molecule has 2 bridgehead atoms. The molecule has 0 aromatic carbocycles. The number of allylic oxidation sites excluding steroid dienone is 1. The van der Waals surface area contributed by atoms with Gasteiger partial charge in [-0.15, -0.1) is 11.3 Å². The highest BCUT2D eigenvalue weighted by Gasteiger charge is 2.51. The highest BCUT2D eigenvalue weighted by Crippen LogP contribution is 2.52. The number of thiophene rings is 1. The van der Waals surface area contributed by atoms with Crippen LogP contribution in [0.15, 0.2) is 29.7 Å². The van der Waals surface area contributed by atoms with Crippen molar-refractivity contribution in [3.8, 4) is 0 Å². The minimum Gasteiger partial charge on any atom is -0.334 e.